The zero-order chi connectivity index (χ0) is 21.3. The van der Waals surface area contributed by atoms with Crippen molar-refractivity contribution in [3.8, 4) is 40.0 Å². The van der Waals surface area contributed by atoms with Crippen LogP contribution in [0, 0.1) is 6.92 Å². The molecule has 0 bridgehead atoms. The van der Waals surface area contributed by atoms with Crippen LogP contribution >= 0.6 is 0 Å². The number of imidazole rings is 1. The van der Waals surface area contributed by atoms with Crippen molar-refractivity contribution in [2.75, 3.05) is 14.2 Å². The Labute approximate surface area is 175 Å². The molecule has 4 rings (SSSR count). The van der Waals surface area contributed by atoms with Crippen LogP contribution in [-0.2, 0) is 0 Å². The van der Waals surface area contributed by atoms with Gasteiger partial charge in [0.2, 0.25) is 0 Å². The van der Waals surface area contributed by atoms with E-state index in [1.54, 1.807) is 20.5 Å². The van der Waals surface area contributed by atoms with Crippen LogP contribution in [0.1, 0.15) is 25.6 Å². The molecule has 0 aliphatic rings. The fourth-order valence-corrected chi connectivity index (χ4v) is 3.35. The number of ether oxygens (including phenoxy) is 2. The number of nitrogens with zero attached hydrogens (tertiary/aromatic N) is 5. The van der Waals surface area contributed by atoms with Crippen molar-refractivity contribution in [3.05, 3.63) is 60.7 Å². The summed E-state index contributed by atoms with van der Waals surface area (Å²) in [5.41, 5.74) is 3.70. The van der Waals surface area contributed by atoms with Gasteiger partial charge in [0.05, 0.1) is 31.9 Å². The first kappa shape index (κ1) is 19.7. The molecule has 0 radical (unpaired) electrons. The van der Waals surface area contributed by atoms with E-state index in [9.17, 15) is 0 Å². The average Bonchev–Trinajstić information content (AvgIpc) is 3.40. The maximum atomic E-state index is 5.64. The van der Waals surface area contributed by atoms with E-state index < -0.39 is 0 Å². The van der Waals surface area contributed by atoms with E-state index in [0.717, 1.165) is 39.8 Å². The number of benzene rings is 2. The zero-order valence-corrected chi connectivity index (χ0v) is 17.8. The molecule has 4 aromatic rings. The average molecular weight is 403 g/mol. The van der Waals surface area contributed by atoms with Crippen LogP contribution in [0.2, 0.25) is 0 Å². The summed E-state index contributed by atoms with van der Waals surface area (Å²) in [4.78, 5) is 9.15. The summed E-state index contributed by atoms with van der Waals surface area (Å²) < 4.78 is 14.9. The molecule has 7 heteroatoms. The van der Waals surface area contributed by atoms with Gasteiger partial charge in [0.1, 0.15) is 11.5 Å². The largest absolute Gasteiger partial charge is 0.497 e. The topological polar surface area (TPSA) is 67.0 Å². The zero-order valence-electron chi connectivity index (χ0n) is 17.8. The molecule has 0 amide bonds. The minimum atomic E-state index is 0.155. The molecule has 0 fully saturated rings. The predicted octanol–water partition coefficient (Wildman–Crippen LogP) is 4.70. The smallest absolute Gasteiger partial charge is 0.181 e. The van der Waals surface area contributed by atoms with E-state index in [2.05, 4.69) is 18.8 Å². The lowest BCUT2D eigenvalue weighted by Crippen LogP contribution is -2.05. The number of methoxy groups -OCH3 is 2. The van der Waals surface area contributed by atoms with Gasteiger partial charge in [-0.3, -0.25) is 0 Å². The lowest BCUT2D eigenvalue weighted by molar-refractivity contribution is 0.413. The van der Waals surface area contributed by atoms with Gasteiger partial charge in [0.15, 0.2) is 11.6 Å². The summed E-state index contributed by atoms with van der Waals surface area (Å²) in [7, 11) is 3.32. The second kappa shape index (κ2) is 8.02. The Hall–Kier alpha value is -3.61. The molecule has 0 saturated heterocycles. The van der Waals surface area contributed by atoms with Crippen LogP contribution in [0.4, 0.5) is 0 Å². The number of hydrogen-bond donors (Lipinski definition) is 0. The van der Waals surface area contributed by atoms with Crippen LogP contribution < -0.4 is 9.47 Å². The van der Waals surface area contributed by atoms with Gasteiger partial charge in [0.25, 0.3) is 0 Å². The maximum absolute atomic E-state index is 5.64. The molecule has 30 heavy (non-hydrogen) atoms. The molecule has 2 aromatic heterocycles. The standard InChI is InChI=1S/C23H25N5O2/c1-15(2)28-23(18-7-6-8-19(11-18)29-4)25-22(26-28)17-9-10-20(21(12-17)30-5)27-13-16(3)24-14-27/h6-15H,1-5H3. The van der Waals surface area contributed by atoms with Gasteiger partial charge in [-0.2, -0.15) is 5.10 Å². The van der Waals surface area contributed by atoms with E-state index in [1.807, 2.05) is 64.8 Å². The first-order chi connectivity index (χ1) is 14.5. The van der Waals surface area contributed by atoms with Crippen LogP contribution in [-0.4, -0.2) is 38.5 Å². The minimum absolute atomic E-state index is 0.155. The van der Waals surface area contributed by atoms with E-state index in [1.165, 1.54) is 0 Å². The van der Waals surface area contributed by atoms with Crippen molar-refractivity contribution in [1.82, 2.24) is 24.3 Å². The van der Waals surface area contributed by atoms with Crippen LogP contribution in [0.25, 0.3) is 28.5 Å². The monoisotopic (exact) mass is 403 g/mol. The molecule has 0 N–H and O–H groups in total. The second-order valence-electron chi connectivity index (χ2n) is 7.34. The minimum Gasteiger partial charge on any atom is -0.497 e. The predicted molar refractivity (Wildman–Crippen MR) is 116 cm³/mol. The molecule has 0 unspecified atom stereocenters. The van der Waals surface area contributed by atoms with Crippen molar-refractivity contribution in [2.45, 2.75) is 26.8 Å². The molecule has 2 heterocycles. The fourth-order valence-electron chi connectivity index (χ4n) is 3.35. The number of aromatic nitrogens is 5. The molecular formula is C23H25N5O2. The third-order valence-corrected chi connectivity index (χ3v) is 4.88. The van der Waals surface area contributed by atoms with Crippen molar-refractivity contribution < 1.29 is 9.47 Å². The Kier molecular flexibility index (Phi) is 5.27. The highest BCUT2D eigenvalue weighted by molar-refractivity contribution is 5.66. The SMILES string of the molecule is COc1cccc(-c2nc(-c3ccc(-n4cnc(C)c4)c(OC)c3)nn2C(C)C)c1. The number of aryl methyl sites for hydroxylation is 1. The quantitative estimate of drug-likeness (QED) is 0.467. The highest BCUT2D eigenvalue weighted by Crippen LogP contribution is 2.31. The summed E-state index contributed by atoms with van der Waals surface area (Å²) >= 11 is 0. The van der Waals surface area contributed by atoms with Crippen molar-refractivity contribution in [1.29, 1.82) is 0 Å². The van der Waals surface area contributed by atoms with Crippen LogP contribution in [0.15, 0.2) is 55.0 Å². The summed E-state index contributed by atoms with van der Waals surface area (Å²) in [6.45, 7) is 6.14. The molecule has 0 saturated carbocycles. The Morgan fingerprint density at radius 3 is 2.47 bits per heavy atom. The van der Waals surface area contributed by atoms with Crippen molar-refractivity contribution in [2.24, 2.45) is 0 Å². The van der Waals surface area contributed by atoms with E-state index in [4.69, 9.17) is 19.6 Å². The summed E-state index contributed by atoms with van der Waals surface area (Å²) in [5.74, 6) is 2.96. The molecule has 2 aromatic carbocycles. The van der Waals surface area contributed by atoms with Crippen LogP contribution in [0.5, 0.6) is 11.5 Å². The van der Waals surface area contributed by atoms with Crippen molar-refractivity contribution >= 4 is 0 Å². The molecule has 154 valence electrons. The Bertz CT molecular complexity index is 1180. The van der Waals surface area contributed by atoms with E-state index in [-0.39, 0.29) is 6.04 Å². The molecule has 7 nitrogen and oxygen atoms in total. The van der Waals surface area contributed by atoms with Gasteiger partial charge in [-0.1, -0.05) is 12.1 Å². The summed E-state index contributed by atoms with van der Waals surface area (Å²) in [6, 6.07) is 14.0. The Balaban J connectivity index is 1.79. The van der Waals surface area contributed by atoms with Gasteiger partial charge >= 0.3 is 0 Å². The third kappa shape index (κ3) is 3.66. The lowest BCUT2D eigenvalue weighted by Gasteiger charge is -2.10. The first-order valence-electron chi connectivity index (χ1n) is 9.80. The first-order valence-corrected chi connectivity index (χ1v) is 9.80. The lowest BCUT2D eigenvalue weighted by atomic mass is 10.1. The van der Waals surface area contributed by atoms with Gasteiger partial charge < -0.3 is 14.0 Å². The third-order valence-electron chi connectivity index (χ3n) is 4.88. The van der Waals surface area contributed by atoms with Gasteiger partial charge in [-0.05, 0) is 51.1 Å². The molecular weight excluding hydrogens is 378 g/mol. The second-order valence-corrected chi connectivity index (χ2v) is 7.34. The Morgan fingerprint density at radius 2 is 1.80 bits per heavy atom. The van der Waals surface area contributed by atoms with Gasteiger partial charge in [0, 0.05) is 23.4 Å². The summed E-state index contributed by atoms with van der Waals surface area (Å²) in [5, 5.41) is 4.78. The maximum Gasteiger partial charge on any atom is 0.181 e. The van der Waals surface area contributed by atoms with Crippen molar-refractivity contribution in [3.63, 3.8) is 0 Å². The number of hydrogen-bond acceptors (Lipinski definition) is 5. The highest BCUT2D eigenvalue weighted by atomic mass is 16.5. The molecule has 0 aliphatic carbocycles. The molecule has 0 aliphatic heterocycles. The molecule has 0 spiro atoms. The number of rotatable bonds is 6. The van der Waals surface area contributed by atoms with Crippen LogP contribution in [0.3, 0.4) is 0 Å². The Morgan fingerprint density at radius 1 is 0.967 bits per heavy atom. The molecule has 0 atom stereocenters. The fraction of sp³-hybridized carbons (Fsp3) is 0.261. The highest BCUT2D eigenvalue weighted by Gasteiger charge is 2.17. The van der Waals surface area contributed by atoms with Gasteiger partial charge in [-0.15, -0.1) is 0 Å². The van der Waals surface area contributed by atoms with Gasteiger partial charge in [-0.25, -0.2) is 14.6 Å². The van der Waals surface area contributed by atoms with E-state index >= 15 is 0 Å². The normalized spacial score (nSPS) is 11.1. The summed E-state index contributed by atoms with van der Waals surface area (Å²) in [6.07, 6.45) is 3.74. The van der Waals surface area contributed by atoms with E-state index in [0.29, 0.717) is 5.82 Å².